The van der Waals surface area contributed by atoms with Crippen LogP contribution in [0.1, 0.15) is 11.6 Å². The number of hydrogen-bond acceptors (Lipinski definition) is 6. The van der Waals surface area contributed by atoms with Crippen LogP contribution in [0.4, 0.5) is 23.7 Å². The molecule has 0 atom stereocenters. The van der Waals surface area contributed by atoms with Crippen LogP contribution in [0.5, 0.6) is 5.75 Å². The van der Waals surface area contributed by atoms with E-state index in [0.717, 1.165) is 4.57 Å². The molecule has 0 N–H and O–H groups in total. The van der Waals surface area contributed by atoms with Crippen molar-refractivity contribution in [2.45, 2.75) is 19.3 Å². The molecule has 25 heavy (non-hydrogen) atoms. The van der Waals surface area contributed by atoms with Crippen LogP contribution in [-0.4, -0.2) is 37.2 Å². The lowest BCUT2D eigenvalue weighted by atomic mass is 10.3. The van der Waals surface area contributed by atoms with Gasteiger partial charge < -0.3 is 9.30 Å². The van der Waals surface area contributed by atoms with Crippen LogP contribution in [0.25, 0.3) is 0 Å². The van der Waals surface area contributed by atoms with Gasteiger partial charge in [-0.15, -0.1) is 10.2 Å². The van der Waals surface area contributed by atoms with E-state index in [0.29, 0.717) is 0 Å². The number of aromatic nitrogens is 3. The Morgan fingerprint density at radius 3 is 2.48 bits per heavy atom. The number of ether oxygens (including phenoxy) is 1. The molecular weight excluding hydrogens is 347 g/mol. The van der Waals surface area contributed by atoms with Gasteiger partial charge in [0.15, 0.2) is 5.82 Å². The number of rotatable bonds is 2. The van der Waals surface area contributed by atoms with Crippen molar-refractivity contribution >= 4 is 11.8 Å². The lowest BCUT2D eigenvalue weighted by Crippen LogP contribution is -2.40. The molecule has 3 rings (SSSR count). The number of non-ortho nitro benzene ring substituents is 1. The van der Waals surface area contributed by atoms with Gasteiger partial charge in [0.1, 0.15) is 5.75 Å². The van der Waals surface area contributed by atoms with Gasteiger partial charge >= 0.3 is 12.3 Å². The molecule has 132 valence electrons. The number of benzene rings is 1. The van der Waals surface area contributed by atoms with E-state index >= 15 is 0 Å². The van der Waals surface area contributed by atoms with Crippen molar-refractivity contribution in [2.75, 3.05) is 6.54 Å². The highest BCUT2D eigenvalue weighted by Gasteiger charge is 2.40. The first-order valence-electron chi connectivity index (χ1n) is 6.96. The van der Waals surface area contributed by atoms with Crippen LogP contribution in [0, 0.1) is 10.1 Å². The van der Waals surface area contributed by atoms with Crippen LogP contribution < -0.4 is 4.74 Å². The third kappa shape index (κ3) is 3.36. The van der Waals surface area contributed by atoms with E-state index in [4.69, 9.17) is 4.74 Å². The highest BCUT2D eigenvalue weighted by atomic mass is 19.4. The van der Waals surface area contributed by atoms with E-state index in [1.807, 2.05) is 0 Å². The molecule has 0 saturated carbocycles. The first-order chi connectivity index (χ1) is 11.8. The summed E-state index contributed by atoms with van der Waals surface area (Å²) in [6.45, 7) is -0.318. The van der Waals surface area contributed by atoms with E-state index in [-0.39, 0.29) is 36.9 Å². The summed E-state index contributed by atoms with van der Waals surface area (Å²) in [5, 5.41) is 17.1. The van der Waals surface area contributed by atoms with Gasteiger partial charge in [0.25, 0.3) is 5.69 Å². The predicted molar refractivity (Wildman–Crippen MR) is 74.6 cm³/mol. The number of amides is 1. The zero-order chi connectivity index (χ0) is 18.2. The second kappa shape index (κ2) is 6.03. The van der Waals surface area contributed by atoms with Crippen LogP contribution in [0.2, 0.25) is 0 Å². The Labute approximate surface area is 137 Å². The standard InChI is InChI=1S/C13H10F3N5O4/c14-13(15,16)11-18-17-10-7-19(5-6-20(10)11)12(22)25-9-3-1-8(2-4-9)21(23)24/h1-4H,5-7H2. The minimum Gasteiger partial charge on any atom is -0.410 e. The van der Waals surface area contributed by atoms with E-state index < -0.39 is 23.0 Å². The van der Waals surface area contributed by atoms with Gasteiger partial charge in [0.05, 0.1) is 11.5 Å². The van der Waals surface area contributed by atoms with Crippen LogP contribution in [-0.2, 0) is 19.3 Å². The molecule has 12 heteroatoms. The summed E-state index contributed by atoms with van der Waals surface area (Å²) in [5.74, 6) is -1.02. The molecule has 1 aliphatic rings. The number of alkyl halides is 3. The highest BCUT2D eigenvalue weighted by Crippen LogP contribution is 2.29. The minimum absolute atomic E-state index is 0.000718. The van der Waals surface area contributed by atoms with E-state index in [1.165, 1.54) is 29.2 Å². The molecule has 0 radical (unpaired) electrons. The summed E-state index contributed by atoms with van der Waals surface area (Å²) in [6, 6.07) is 4.85. The van der Waals surface area contributed by atoms with E-state index in [2.05, 4.69) is 10.2 Å². The zero-order valence-corrected chi connectivity index (χ0v) is 12.4. The molecule has 0 saturated heterocycles. The summed E-state index contributed by atoms with van der Waals surface area (Å²) < 4.78 is 44.3. The fourth-order valence-corrected chi connectivity index (χ4v) is 2.32. The molecule has 1 aromatic carbocycles. The monoisotopic (exact) mass is 357 g/mol. The van der Waals surface area contributed by atoms with Gasteiger partial charge in [0.2, 0.25) is 5.82 Å². The van der Waals surface area contributed by atoms with Gasteiger partial charge in [0, 0.05) is 25.2 Å². The summed E-state index contributed by atoms with van der Waals surface area (Å²) >= 11 is 0. The Kier molecular flexibility index (Phi) is 4.02. The molecule has 2 heterocycles. The molecule has 0 fully saturated rings. The number of carbonyl (C=O) groups is 1. The molecule has 2 aromatic rings. The lowest BCUT2D eigenvalue weighted by Gasteiger charge is -2.27. The van der Waals surface area contributed by atoms with Gasteiger partial charge in [-0.05, 0) is 12.1 Å². The molecule has 9 nitrogen and oxygen atoms in total. The van der Waals surface area contributed by atoms with Crippen molar-refractivity contribution in [2.24, 2.45) is 0 Å². The Morgan fingerprint density at radius 2 is 1.88 bits per heavy atom. The minimum atomic E-state index is -4.62. The predicted octanol–water partition coefficient (Wildman–Crippen LogP) is 2.22. The van der Waals surface area contributed by atoms with Gasteiger partial charge in [-0.25, -0.2) is 4.79 Å². The third-order valence-electron chi connectivity index (χ3n) is 3.52. The lowest BCUT2D eigenvalue weighted by molar-refractivity contribution is -0.384. The average molecular weight is 357 g/mol. The smallest absolute Gasteiger partial charge is 0.410 e. The van der Waals surface area contributed by atoms with Crippen molar-refractivity contribution < 1.29 is 27.6 Å². The number of fused-ring (bicyclic) bond motifs is 1. The fourth-order valence-electron chi connectivity index (χ4n) is 2.32. The SMILES string of the molecule is O=C(Oc1ccc([N+](=O)[O-])cc1)N1CCn2c(nnc2C(F)(F)F)C1. The molecule has 0 bridgehead atoms. The van der Waals surface area contributed by atoms with Crippen molar-refractivity contribution in [3.63, 3.8) is 0 Å². The number of carbonyl (C=O) groups excluding carboxylic acids is 1. The van der Waals surface area contributed by atoms with Crippen LogP contribution in [0.15, 0.2) is 24.3 Å². The number of nitrogens with zero attached hydrogens (tertiary/aromatic N) is 5. The third-order valence-corrected chi connectivity index (χ3v) is 3.52. The molecule has 1 aromatic heterocycles. The Bertz CT molecular complexity index is 818. The molecule has 0 aliphatic carbocycles. The number of nitro benzene ring substituents is 1. The topological polar surface area (TPSA) is 103 Å². The average Bonchev–Trinajstić information content (AvgIpc) is 2.98. The highest BCUT2D eigenvalue weighted by molar-refractivity contribution is 5.70. The summed E-state index contributed by atoms with van der Waals surface area (Å²) in [4.78, 5) is 23.2. The number of halogens is 3. The maximum Gasteiger partial charge on any atom is 0.451 e. The van der Waals surface area contributed by atoms with Crippen molar-refractivity contribution in [3.8, 4) is 5.75 Å². The van der Waals surface area contributed by atoms with Crippen molar-refractivity contribution in [1.29, 1.82) is 0 Å². The van der Waals surface area contributed by atoms with Gasteiger partial charge in [-0.2, -0.15) is 13.2 Å². The fraction of sp³-hybridized carbons (Fsp3) is 0.308. The summed E-state index contributed by atoms with van der Waals surface area (Å²) in [5.41, 5.74) is -0.162. The second-order valence-electron chi connectivity index (χ2n) is 5.13. The van der Waals surface area contributed by atoms with Crippen LogP contribution >= 0.6 is 0 Å². The Balaban J connectivity index is 1.68. The first kappa shape index (κ1) is 16.7. The maximum absolute atomic E-state index is 12.8. The molecular formula is C13H10F3N5O4. The normalized spacial score (nSPS) is 14.1. The number of hydrogen-bond donors (Lipinski definition) is 0. The zero-order valence-electron chi connectivity index (χ0n) is 12.4. The van der Waals surface area contributed by atoms with Crippen molar-refractivity contribution in [3.05, 3.63) is 46.0 Å². The van der Waals surface area contributed by atoms with E-state index in [9.17, 15) is 28.1 Å². The first-order valence-corrected chi connectivity index (χ1v) is 6.96. The summed E-state index contributed by atoms with van der Waals surface area (Å²) in [7, 11) is 0. The van der Waals surface area contributed by atoms with Crippen LogP contribution in [0.3, 0.4) is 0 Å². The molecule has 1 amide bonds. The maximum atomic E-state index is 12.8. The van der Waals surface area contributed by atoms with E-state index in [1.54, 1.807) is 0 Å². The second-order valence-corrected chi connectivity index (χ2v) is 5.13. The molecule has 0 unspecified atom stereocenters. The molecule has 1 aliphatic heterocycles. The van der Waals surface area contributed by atoms with Crippen molar-refractivity contribution in [1.82, 2.24) is 19.7 Å². The number of nitro groups is 1. The Hall–Kier alpha value is -3.18. The largest absolute Gasteiger partial charge is 0.451 e. The Morgan fingerprint density at radius 1 is 1.20 bits per heavy atom. The van der Waals surface area contributed by atoms with Gasteiger partial charge in [-0.1, -0.05) is 0 Å². The summed E-state index contributed by atoms with van der Waals surface area (Å²) in [6.07, 6.45) is -5.41. The molecule has 0 spiro atoms. The van der Waals surface area contributed by atoms with Gasteiger partial charge in [-0.3, -0.25) is 15.0 Å². The quantitative estimate of drug-likeness (QED) is 0.603.